The molecule has 0 aromatic heterocycles. The monoisotopic (exact) mass is 451 g/mol. The molecule has 0 aliphatic carbocycles. The van der Waals surface area contributed by atoms with Crippen LogP contribution in [-0.4, -0.2) is 58.9 Å². The minimum absolute atomic E-state index is 0.260. The van der Waals surface area contributed by atoms with E-state index in [4.69, 9.17) is 17.2 Å². The highest BCUT2D eigenvalue weighted by atomic mass is 14.9. The van der Waals surface area contributed by atoms with E-state index in [1.165, 1.54) is 0 Å². The second kappa shape index (κ2) is 27.8. The summed E-state index contributed by atoms with van der Waals surface area (Å²) in [4.78, 5) is 0. The van der Waals surface area contributed by atoms with Crippen LogP contribution in [0.2, 0.25) is 0 Å². The third-order valence-corrected chi connectivity index (χ3v) is 4.22. The van der Waals surface area contributed by atoms with Gasteiger partial charge in [0.25, 0.3) is 0 Å². The molecule has 0 saturated carbocycles. The van der Waals surface area contributed by atoms with Crippen molar-refractivity contribution in [3.63, 3.8) is 0 Å². The van der Waals surface area contributed by atoms with Crippen LogP contribution in [-0.2, 0) is 0 Å². The fourth-order valence-electron chi connectivity index (χ4n) is 1.61. The molecule has 0 amide bonds. The molecule has 0 saturated heterocycles. The molecule has 0 fully saturated rings. The van der Waals surface area contributed by atoms with Gasteiger partial charge in [0, 0.05) is 19.6 Å². The van der Waals surface area contributed by atoms with Crippen LogP contribution in [0.4, 0.5) is 0 Å². The van der Waals surface area contributed by atoms with Gasteiger partial charge in [0.05, 0.1) is 0 Å². The Morgan fingerprint density at radius 1 is 0.452 bits per heavy atom. The number of rotatable bonds is 12. The van der Waals surface area contributed by atoms with E-state index in [0.717, 1.165) is 58.9 Å². The van der Waals surface area contributed by atoms with Crippen molar-refractivity contribution in [2.75, 3.05) is 58.9 Å². The van der Waals surface area contributed by atoms with Gasteiger partial charge in [0.15, 0.2) is 0 Å². The Hall–Kier alpha value is -0.240. The summed E-state index contributed by atoms with van der Waals surface area (Å²) < 4.78 is 0. The third kappa shape index (κ3) is 40.6. The Labute approximate surface area is 198 Å². The first kappa shape index (κ1) is 41.1. The lowest BCUT2D eigenvalue weighted by atomic mass is 9.94. The van der Waals surface area contributed by atoms with Gasteiger partial charge in [-0.25, -0.2) is 0 Å². The highest BCUT2D eigenvalue weighted by molar-refractivity contribution is 4.72. The molecule has 0 atom stereocenters. The van der Waals surface area contributed by atoms with Crippen LogP contribution in [0.1, 0.15) is 90.0 Å². The highest BCUT2D eigenvalue weighted by Crippen LogP contribution is 2.10. The van der Waals surface area contributed by atoms with Gasteiger partial charge in [-0.1, -0.05) is 90.0 Å². The standard InChI is InChI=1S/3C7H18N2.2C2H6/c3*1-4-9-6-7(2,3)5-8;2*1-2/h3*9H,4-6,8H2,1-3H3;2*1-2H3. The van der Waals surface area contributed by atoms with Crippen molar-refractivity contribution in [2.24, 2.45) is 33.4 Å². The number of nitrogens with one attached hydrogen (secondary N) is 3. The summed E-state index contributed by atoms with van der Waals surface area (Å²) in [5.74, 6) is 0. The Bertz CT molecular complexity index is 257. The molecular weight excluding hydrogens is 384 g/mol. The maximum atomic E-state index is 5.51. The van der Waals surface area contributed by atoms with Crippen molar-refractivity contribution >= 4 is 0 Å². The summed E-state index contributed by atoms with van der Waals surface area (Å²) in [6, 6.07) is 0. The Morgan fingerprint density at radius 2 is 0.613 bits per heavy atom. The molecule has 0 rings (SSSR count). The van der Waals surface area contributed by atoms with Gasteiger partial charge in [-0.05, 0) is 55.5 Å². The number of hydrogen-bond acceptors (Lipinski definition) is 6. The van der Waals surface area contributed by atoms with Crippen molar-refractivity contribution in [3.05, 3.63) is 0 Å². The summed E-state index contributed by atoms with van der Waals surface area (Å²) in [7, 11) is 0. The lowest BCUT2D eigenvalue weighted by Crippen LogP contribution is -2.35. The van der Waals surface area contributed by atoms with Crippen LogP contribution in [0, 0.1) is 16.2 Å². The highest BCUT2D eigenvalue weighted by Gasteiger charge is 2.14. The van der Waals surface area contributed by atoms with E-state index < -0.39 is 0 Å². The van der Waals surface area contributed by atoms with E-state index in [-0.39, 0.29) is 16.2 Å². The first-order valence-corrected chi connectivity index (χ1v) is 12.6. The van der Waals surface area contributed by atoms with E-state index in [1.54, 1.807) is 0 Å². The van der Waals surface area contributed by atoms with Crippen LogP contribution in [0.5, 0.6) is 0 Å². The quantitative estimate of drug-likeness (QED) is 0.269. The first-order chi connectivity index (χ1) is 14.4. The second-order valence-corrected chi connectivity index (χ2v) is 9.45. The molecule has 0 bridgehead atoms. The Kier molecular flexibility index (Phi) is 36.8. The van der Waals surface area contributed by atoms with Gasteiger partial charge in [0.2, 0.25) is 0 Å². The zero-order valence-electron chi connectivity index (χ0n) is 24.1. The minimum atomic E-state index is 0.260. The minimum Gasteiger partial charge on any atom is -0.330 e. The van der Waals surface area contributed by atoms with Crippen LogP contribution in [0.25, 0.3) is 0 Å². The van der Waals surface area contributed by atoms with Gasteiger partial charge >= 0.3 is 0 Å². The van der Waals surface area contributed by atoms with Crippen LogP contribution >= 0.6 is 0 Å². The predicted octanol–water partition coefficient (Wildman–Crippen LogP) is 3.79. The van der Waals surface area contributed by atoms with Crippen LogP contribution < -0.4 is 33.2 Å². The van der Waals surface area contributed by atoms with E-state index >= 15 is 0 Å². The lowest BCUT2D eigenvalue weighted by molar-refractivity contribution is 0.356. The molecule has 0 spiro atoms. The lowest BCUT2D eigenvalue weighted by Gasteiger charge is -2.21. The fourth-order valence-corrected chi connectivity index (χ4v) is 1.61. The number of nitrogens with two attached hydrogens (primary N) is 3. The van der Waals surface area contributed by atoms with E-state index in [2.05, 4.69) is 78.3 Å². The molecule has 6 nitrogen and oxygen atoms in total. The third-order valence-electron chi connectivity index (χ3n) is 4.22. The Balaban J connectivity index is -0.000000101. The fraction of sp³-hybridized carbons (Fsp3) is 1.00. The molecule has 0 aromatic rings. The predicted molar refractivity (Wildman–Crippen MR) is 147 cm³/mol. The van der Waals surface area contributed by atoms with Crippen LogP contribution in [0.15, 0.2) is 0 Å². The molecule has 0 aromatic carbocycles. The first-order valence-electron chi connectivity index (χ1n) is 12.6. The van der Waals surface area contributed by atoms with E-state index in [1.807, 2.05) is 27.7 Å². The summed E-state index contributed by atoms with van der Waals surface area (Å²) in [6.45, 7) is 35.7. The molecule has 0 heterocycles. The molecule has 6 heteroatoms. The molecule has 0 radical (unpaired) electrons. The number of hydrogen-bond donors (Lipinski definition) is 6. The smallest absolute Gasteiger partial charge is 0.00145 e. The van der Waals surface area contributed by atoms with Crippen molar-refractivity contribution < 1.29 is 0 Å². The average Bonchev–Trinajstić information content (AvgIpc) is 2.78. The summed E-state index contributed by atoms with van der Waals surface area (Å²) in [6.07, 6.45) is 0. The summed E-state index contributed by atoms with van der Waals surface area (Å²) in [5, 5.41) is 9.78. The second-order valence-electron chi connectivity index (χ2n) is 9.45. The molecule has 0 unspecified atom stereocenters. The normalized spacial score (nSPS) is 10.8. The van der Waals surface area contributed by atoms with Crippen molar-refractivity contribution in [1.29, 1.82) is 0 Å². The maximum Gasteiger partial charge on any atom is 0.00145 e. The van der Waals surface area contributed by atoms with E-state index in [0.29, 0.717) is 0 Å². The van der Waals surface area contributed by atoms with Crippen molar-refractivity contribution in [3.8, 4) is 0 Å². The zero-order chi connectivity index (χ0) is 26.0. The summed E-state index contributed by atoms with van der Waals surface area (Å²) >= 11 is 0. The van der Waals surface area contributed by atoms with Crippen molar-refractivity contribution in [2.45, 2.75) is 90.0 Å². The molecule has 0 aliphatic heterocycles. The van der Waals surface area contributed by atoms with Gasteiger partial charge in [-0.15, -0.1) is 0 Å². The largest absolute Gasteiger partial charge is 0.330 e. The topological polar surface area (TPSA) is 114 Å². The molecule has 0 aliphatic rings. The zero-order valence-corrected chi connectivity index (χ0v) is 24.1. The SMILES string of the molecule is CC.CC.CCNCC(C)(C)CN.CCNCC(C)(C)CN.CCNCC(C)(C)CN. The van der Waals surface area contributed by atoms with Gasteiger partial charge in [-0.3, -0.25) is 0 Å². The van der Waals surface area contributed by atoms with Gasteiger partial charge in [0.1, 0.15) is 0 Å². The van der Waals surface area contributed by atoms with Crippen LogP contribution in [0.3, 0.4) is 0 Å². The Morgan fingerprint density at radius 3 is 0.710 bits per heavy atom. The van der Waals surface area contributed by atoms with Crippen molar-refractivity contribution in [1.82, 2.24) is 16.0 Å². The maximum absolute atomic E-state index is 5.51. The molecule has 9 N–H and O–H groups in total. The summed E-state index contributed by atoms with van der Waals surface area (Å²) in [5.41, 5.74) is 17.3. The molecule has 31 heavy (non-hydrogen) atoms. The average molecular weight is 451 g/mol. The molecule has 196 valence electrons. The van der Waals surface area contributed by atoms with Gasteiger partial charge < -0.3 is 33.2 Å². The van der Waals surface area contributed by atoms with Gasteiger partial charge in [-0.2, -0.15) is 0 Å². The van der Waals surface area contributed by atoms with E-state index in [9.17, 15) is 0 Å². The molecular formula is C25H66N6.